The van der Waals surface area contributed by atoms with E-state index >= 15 is 0 Å². The third-order valence-corrected chi connectivity index (χ3v) is 2.55. The second-order valence-electron chi connectivity index (χ2n) is 3.69. The molecule has 0 aliphatic heterocycles. The van der Waals surface area contributed by atoms with Crippen molar-refractivity contribution in [3.8, 4) is 11.8 Å². The van der Waals surface area contributed by atoms with Gasteiger partial charge in [-0.05, 0) is 30.7 Å². The number of rotatable bonds is 2. The Morgan fingerprint density at radius 2 is 2.25 bits per heavy atom. The second kappa shape index (κ2) is 4.78. The molecular weight excluding hydrogens is 196 g/mol. The molecule has 1 heterocycles. The standard InChI is InChI=1S/C14H14N2/c1-2-3-6-13(15)11-7-8-14-12(10-11)5-4-9-16-14/h4-5,7-10,13H,6,15H2,1H3. The van der Waals surface area contributed by atoms with Gasteiger partial charge in [0.25, 0.3) is 0 Å². The Morgan fingerprint density at radius 3 is 3.06 bits per heavy atom. The van der Waals surface area contributed by atoms with Crippen molar-refractivity contribution >= 4 is 10.9 Å². The summed E-state index contributed by atoms with van der Waals surface area (Å²) in [5.41, 5.74) is 8.16. The van der Waals surface area contributed by atoms with Crippen molar-refractivity contribution in [2.45, 2.75) is 19.4 Å². The molecule has 1 aromatic heterocycles. The van der Waals surface area contributed by atoms with E-state index in [9.17, 15) is 0 Å². The third kappa shape index (κ3) is 2.21. The summed E-state index contributed by atoms with van der Waals surface area (Å²) in [5, 5.41) is 1.12. The molecule has 1 unspecified atom stereocenters. The fourth-order valence-electron chi connectivity index (χ4n) is 1.65. The molecule has 0 saturated carbocycles. The van der Waals surface area contributed by atoms with E-state index in [1.54, 1.807) is 6.20 Å². The highest BCUT2D eigenvalue weighted by Gasteiger charge is 2.04. The Kier molecular flexibility index (Phi) is 3.19. The van der Waals surface area contributed by atoms with Crippen LogP contribution >= 0.6 is 0 Å². The van der Waals surface area contributed by atoms with Gasteiger partial charge in [-0.3, -0.25) is 4.98 Å². The maximum absolute atomic E-state index is 6.05. The zero-order chi connectivity index (χ0) is 11.4. The van der Waals surface area contributed by atoms with E-state index in [1.807, 2.05) is 31.2 Å². The Morgan fingerprint density at radius 1 is 1.38 bits per heavy atom. The van der Waals surface area contributed by atoms with Crippen molar-refractivity contribution in [2.75, 3.05) is 0 Å². The van der Waals surface area contributed by atoms with Gasteiger partial charge in [-0.1, -0.05) is 12.1 Å². The Bertz CT molecular complexity index is 549. The molecule has 0 fully saturated rings. The molecule has 0 radical (unpaired) electrons. The smallest absolute Gasteiger partial charge is 0.0702 e. The van der Waals surface area contributed by atoms with E-state index in [4.69, 9.17) is 5.73 Å². The lowest BCUT2D eigenvalue weighted by molar-refractivity contribution is 0.755. The van der Waals surface area contributed by atoms with Crippen LogP contribution in [0.1, 0.15) is 24.9 Å². The summed E-state index contributed by atoms with van der Waals surface area (Å²) < 4.78 is 0. The van der Waals surface area contributed by atoms with Gasteiger partial charge in [0, 0.05) is 24.0 Å². The number of benzene rings is 1. The summed E-state index contributed by atoms with van der Waals surface area (Å²) in [4.78, 5) is 4.28. The minimum Gasteiger partial charge on any atom is -0.323 e. The normalized spacial score (nSPS) is 11.9. The van der Waals surface area contributed by atoms with Crippen LogP contribution < -0.4 is 5.73 Å². The van der Waals surface area contributed by atoms with E-state index in [1.165, 1.54) is 0 Å². The zero-order valence-corrected chi connectivity index (χ0v) is 9.27. The van der Waals surface area contributed by atoms with Crippen molar-refractivity contribution in [2.24, 2.45) is 5.73 Å². The predicted molar refractivity (Wildman–Crippen MR) is 66.7 cm³/mol. The van der Waals surface area contributed by atoms with Crippen LogP contribution in [0.4, 0.5) is 0 Å². The van der Waals surface area contributed by atoms with Crippen LogP contribution in [-0.4, -0.2) is 4.98 Å². The van der Waals surface area contributed by atoms with Gasteiger partial charge in [-0.25, -0.2) is 0 Å². The Hall–Kier alpha value is -1.85. The molecule has 0 bridgehead atoms. The summed E-state index contributed by atoms with van der Waals surface area (Å²) >= 11 is 0. The molecule has 1 atom stereocenters. The Balaban J connectivity index is 2.34. The third-order valence-electron chi connectivity index (χ3n) is 2.55. The molecule has 1 aromatic carbocycles. The van der Waals surface area contributed by atoms with Crippen molar-refractivity contribution < 1.29 is 0 Å². The van der Waals surface area contributed by atoms with E-state index in [2.05, 4.69) is 22.9 Å². The number of nitrogens with two attached hydrogens (primary N) is 1. The first kappa shape index (κ1) is 10.7. The minimum atomic E-state index is -0.0166. The SMILES string of the molecule is CC#CCC(N)c1ccc2ncccc2c1. The second-order valence-corrected chi connectivity index (χ2v) is 3.69. The van der Waals surface area contributed by atoms with E-state index in [0.717, 1.165) is 16.5 Å². The average molecular weight is 210 g/mol. The fourth-order valence-corrected chi connectivity index (χ4v) is 1.65. The van der Waals surface area contributed by atoms with Crippen molar-refractivity contribution in [3.05, 3.63) is 42.1 Å². The maximum atomic E-state index is 6.05. The van der Waals surface area contributed by atoms with E-state index in [0.29, 0.717) is 6.42 Å². The van der Waals surface area contributed by atoms with Gasteiger partial charge >= 0.3 is 0 Å². The van der Waals surface area contributed by atoms with Gasteiger partial charge in [0.05, 0.1) is 5.52 Å². The van der Waals surface area contributed by atoms with Gasteiger partial charge in [-0.2, -0.15) is 0 Å². The molecule has 0 aliphatic rings. The molecule has 0 saturated heterocycles. The van der Waals surface area contributed by atoms with Crippen LogP contribution in [0, 0.1) is 11.8 Å². The highest BCUT2D eigenvalue weighted by molar-refractivity contribution is 5.79. The lowest BCUT2D eigenvalue weighted by Crippen LogP contribution is -2.09. The summed E-state index contributed by atoms with van der Waals surface area (Å²) in [6.45, 7) is 1.83. The molecule has 2 nitrogen and oxygen atoms in total. The number of pyridine rings is 1. The van der Waals surface area contributed by atoms with Crippen LogP contribution in [-0.2, 0) is 0 Å². The van der Waals surface area contributed by atoms with Gasteiger partial charge in [0.1, 0.15) is 0 Å². The number of hydrogen-bond acceptors (Lipinski definition) is 2. The molecule has 0 amide bonds. The van der Waals surface area contributed by atoms with Gasteiger partial charge in [0.2, 0.25) is 0 Å². The number of hydrogen-bond donors (Lipinski definition) is 1. The average Bonchev–Trinajstić information content (AvgIpc) is 2.35. The van der Waals surface area contributed by atoms with Crippen LogP contribution in [0.3, 0.4) is 0 Å². The first-order valence-corrected chi connectivity index (χ1v) is 5.31. The van der Waals surface area contributed by atoms with Crippen molar-refractivity contribution in [3.63, 3.8) is 0 Å². The molecule has 2 rings (SSSR count). The highest BCUT2D eigenvalue weighted by atomic mass is 14.6. The quantitative estimate of drug-likeness (QED) is 0.774. The minimum absolute atomic E-state index is 0.0166. The summed E-state index contributed by atoms with van der Waals surface area (Å²) in [5.74, 6) is 5.87. The fraction of sp³-hybridized carbons (Fsp3) is 0.214. The molecule has 80 valence electrons. The molecule has 0 spiro atoms. The number of nitrogens with zero attached hydrogens (tertiary/aromatic N) is 1. The molecule has 0 aliphatic carbocycles. The molecular formula is C14H14N2. The topological polar surface area (TPSA) is 38.9 Å². The summed E-state index contributed by atoms with van der Waals surface area (Å²) in [7, 11) is 0. The lowest BCUT2D eigenvalue weighted by atomic mass is 10.0. The molecule has 2 N–H and O–H groups in total. The van der Waals surface area contributed by atoms with Gasteiger partial charge < -0.3 is 5.73 Å². The van der Waals surface area contributed by atoms with E-state index < -0.39 is 0 Å². The van der Waals surface area contributed by atoms with Crippen molar-refractivity contribution in [1.29, 1.82) is 0 Å². The van der Waals surface area contributed by atoms with Crippen molar-refractivity contribution in [1.82, 2.24) is 4.98 Å². The summed E-state index contributed by atoms with van der Waals surface area (Å²) in [6.07, 6.45) is 2.49. The van der Waals surface area contributed by atoms with E-state index in [-0.39, 0.29) is 6.04 Å². The van der Waals surface area contributed by atoms with Crippen LogP contribution in [0.2, 0.25) is 0 Å². The monoisotopic (exact) mass is 210 g/mol. The lowest BCUT2D eigenvalue weighted by Gasteiger charge is -2.09. The first-order valence-electron chi connectivity index (χ1n) is 5.31. The summed E-state index contributed by atoms with van der Waals surface area (Å²) in [6, 6.07) is 10.1. The maximum Gasteiger partial charge on any atom is 0.0702 e. The molecule has 2 heteroatoms. The zero-order valence-electron chi connectivity index (χ0n) is 9.27. The first-order chi connectivity index (χ1) is 7.81. The predicted octanol–water partition coefficient (Wildman–Crippen LogP) is 2.65. The van der Waals surface area contributed by atoms with Crippen LogP contribution in [0.5, 0.6) is 0 Å². The largest absolute Gasteiger partial charge is 0.323 e. The number of fused-ring (bicyclic) bond motifs is 1. The van der Waals surface area contributed by atoms with Gasteiger partial charge in [-0.15, -0.1) is 11.8 Å². The van der Waals surface area contributed by atoms with Crippen LogP contribution in [0.25, 0.3) is 10.9 Å². The highest BCUT2D eigenvalue weighted by Crippen LogP contribution is 2.19. The molecule has 2 aromatic rings. The molecule has 16 heavy (non-hydrogen) atoms. The van der Waals surface area contributed by atoms with Crippen LogP contribution in [0.15, 0.2) is 36.5 Å². The Labute approximate surface area is 95.5 Å². The van der Waals surface area contributed by atoms with Gasteiger partial charge in [0.15, 0.2) is 0 Å². The number of aromatic nitrogens is 1.